The van der Waals surface area contributed by atoms with Crippen LogP contribution in [0.5, 0.6) is 0 Å². The molecule has 0 radical (unpaired) electrons. The Bertz CT molecular complexity index is 1140. The molecule has 0 spiro atoms. The third-order valence-corrected chi connectivity index (χ3v) is 7.05. The maximum Gasteiger partial charge on any atom is 0.228 e. The summed E-state index contributed by atoms with van der Waals surface area (Å²) in [6.07, 6.45) is 0. The van der Waals surface area contributed by atoms with Gasteiger partial charge in [-0.1, -0.05) is 41.9 Å². The van der Waals surface area contributed by atoms with Crippen LogP contribution in [0.25, 0.3) is 22.0 Å². The van der Waals surface area contributed by atoms with E-state index in [1.807, 2.05) is 36.4 Å². The largest absolute Gasteiger partial charge is 0.353 e. The van der Waals surface area contributed by atoms with Gasteiger partial charge in [-0.3, -0.25) is 0 Å². The predicted molar refractivity (Wildman–Crippen MR) is 129 cm³/mol. The molecule has 2 saturated heterocycles. The number of rotatable bonds is 4. The molecular weight excluding hydrogens is 427 g/mol. The molecule has 0 aliphatic carbocycles. The molecule has 3 aromatic rings. The highest BCUT2D eigenvalue weighted by atomic mass is 35.5. The highest BCUT2D eigenvalue weighted by Crippen LogP contribution is 2.39. The topological polar surface area (TPSA) is 47.5 Å². The summed E-state index contributed by atoms with van der Waals surface area (Å²) in [6, 6.07) is 11.2. The fraction of sp³-hybridized carbons (Fsp3) is 0.417. The van der Waals surface area contributed by atoms with Crippen LogP contribution < -0.4 is 15.1 Å². The lowest BCUT2D eigenvalue weighted by atomic mass is 9.91. The molecule has 168 valence electrons. The summed E-state index contributed by atoms with van der Waals surface area (Å²) in [5.41, 5.74) is 1.51. The standard InChI is InChI=1S/C24H28ClFN6/c1-24(30(2)3)14-32(15-24)23-28-21-17(22(29-23)31-11-9-27-10-12-31)13-18(25)19(20(21)26)16-7-5-4-6-8-16/h4-8,13,27H,9-12,14-15H2,1-3H3. The van der Waals surface area contributed by atoms with Crippen LogP contribution in [0.4, 0.5) is 16.2 Å². The lowest BCUT2D eigenvalue weighted by Crippen LogP contribution is -2.67. The van der Waals surface area contributed by atoms with Crippen LogP contribution in [0.3, 0.4) is 0 Å². The van der Waals surface area contributed by atoms with Crippen molar-refractivity contribution in [2.75, 3.05) is 63.2 Å². The number of benzene rings is 2. The SMILES string of the molecule is CN(C)C1(C)CN(c2nc(N3CCNCC3)c3cc(Cl)c(-c4ccccc4)c(F)c3n2)C1. The normalized spacial score (nSPS) is 18.3. The number of hydrogen-bond acceptors (Lipinski definition) is 6. The molecule has 8 heteroatoms. The first-order valence-corrected chi connectivity index (χ1v) is 11.4. The molecule has 1 aromatic heterocycles. The summed E-state index contributed by atoms with van der Waals surface area (Å²) in [7, 11) is 4.16. The average Bonchev–Trinajstić information content (AvgIpc) is 2.78. The Morgan fingerprint density at radius 2 is 1.75 bits per heavy atom. The van der Waals surface area contributed by atoms with Crippen LogP contribution in [0, 0.1) is 5.82 Å². The van der Waals surface area contributed by atoms with E-state index >= 15 is 4.39 Å². The van der Waals surface area contributed by atoms with Crippen LogP contribution in [-0.4, -0.2) is 73.8 Å². The summed E-state index contributed by atoms with van der Waals surface area (Å²) < 4.78 is 16.0. The highest BCUT2D eigenvalue weighted by Gasteiger charge is 2.42. The number of nitrogens with one attached hydrogen (secondary N) is 1. The maximum absolute atomic E-state index is 16.0. The second-order valence-corrected chi connectivity index (χ2v) is 9.55. The molecule has 2 aliphatic rings. The molecule has 32 heavy (non-hydrogen) atoms. The minimum absolute atomic E-state index is 0.0568. The van der Waals surface area contributed by atoms with E-state index in [0.29, 0.717) is 27.4 Å². The van der Waals surface area contributed by atoms with Gasteiger partial charge >= 0.3 is 0 Å². The van der Waals surface area contributed by atoms with Gasteiger partial charge in [0.05, 0.1) is 10.6 Å². The van der Waals surface area contributed by atoms with Gasteiger partial charge in [-0.25, -0.2) is 9.37 Å². The van der Waals surface area contributed by atoms with Crippen molar-refractivity contribution in [2.24, 2.45) is 0 Å². The van der Waals surface area contributed by atoms with Gasteiger partial charge in [-0.05, 0) is 32.6 Å². The first-order valence-electron chi connectivity index (χ1n) is 11.0. The maximum atomic E-state index is 16.0. The van der Waals surface area contributed by atoms with Gasteiger partial charge in [0.25, 0.3) is 0 Å². The second-order valence-electron chi connectivity index (χ2n) is 9.14. The molecule has 2 aromatic carbocycles. The first kappa shape index (κ1) is 21.4. The summed E-state index contributed by atoms with van der Waals surface area (Å²) in [5, 5.41) is 4.40. The number of anilines is 2. The molecule has 0 unspecified atom stereocenters. The lowest BCUT2D eigenvalue weighted by Gasteiger charge is -2.52. The Balaban J connectivity index is 1.67. The van der Waals surface area contributed by atoms with Gasteiger partial charge in [-0.15, -0.1) is 0 Å². The van der Waals surface area contributed by atoms with Crippen LogP contribution in [-0.2, 0) is 0 Å². The van der Waals surface area contributed by atoms with E-state index < -0.39 is 5.82 Å². The van der Waals surface area contributed by atoms with E-state index in [1.165, 1.54) is 0 Å². The van der Waals surface area contributed by atoms with Crippen LogP contribution in [0.2, 0.25) is 5.02 Å². The number of fused-ring (bicyclic) bond motifs is 1. The zero-order valence-corrected chi connectivity index (χ0v) is 19.5. The third-order valence-electron chi connectivity index (χ3n) is 6.76. The first-order chi connectivity index (χ1) is 15.4. The Labute approximate surface area is 193 Å². The van der Waals surface area contributed by atoms with E-state index in [1.54, 1.807) is 0 Å². The molecule has 1 N–H and O–H groups in total. The van der Waals surface area contributed by atoms with Crippen molar-refractivity contribution in [1.82, 2.24) is 20.2 Å². The molecule has 2 aliphatic heterocycles. The van der Waals surface area contributed by atoms with Crippen molar-refractivity contribution >= 4 is 34.3 Å². The van der Waals surface area contributed by atoms with Gasteiger partial charge in [0.15, 0.2) is 5.82 Å². The number of nitrogens with zero attached hydrogens (tertiary/aromatic N) is 5. The number of aromatic nitrogens is 2. The van der Waals surface area contributed by atoms with Gasteiger partial charge < -0.3 is 20.0 Å². The average molecular weight is 455 g/mol. The van der Waals surface area contributed by atoms with Crippen molar-refractivity contribution in [2.45, 2.75) is 12.5 Å². The van der Waals surface area contributed by atoms with Gasteiger partial charge in [0, 0.05) is 50.2 Å². The molecule has 3 heterocycles. The summed E-state index contributed by atoms with van der Waals surface area (Å²) >= 11 is 6.62. The molecule has 2 fully saturated rings. The summed E-state index contributed by atoms with van der Waals surface area (Å²) in [4.78, 5) is 16.2. The van der Waals surface area contributed by atoms with Crippen molar-refractivity contribution in [3.63, 3.8) is 0 Å². The van der Waals surface area contributed by atoms with Crippen molar-refractivity contribution in [1.29, 1.82) is 0 Å². The van der Waals surface area contributed by atoms with Crippen molar-refractivity contribution < 1.29 is 4.39 Å². The van der Waals surface area contributed by atoms with E-state index in [-0.39, 0.29) is 5.54 Å². The number of halogens is 2. The predicted octanol–water partition coefficient (Wildman–Crippen LogP) is 3.64. The molecule has 6 nitrogen and oxygen atoms in total. The van der Waals surface area contributed by atoms with Crippen LogP contribution >= 0.6 is 11.6 Å². The van der Waals surface area contributed by atoms with E-state index in [4.69, 9.17) is 21.6 Å². The molecule has 0 atom stereocenters. The minimum atomic E-state index is -0.394. The van der Waals surface area contributed by atoms with Gasteiger partial charge in [0.2, 0.25) is 5.95 Å². The van der Waals surface area contributed by atoms with Gasteiger partial charge in [-0.2, -0.15) is 4.98 Å². The fourth-order valence-electron chi connectivity index (χ4n) is 4.50. The zero-order chi connectivity index (χ0) is 22.5. The monoisotopic (exact) mass is 454 g/mol. The number of piperazine rings is 1. The minimum Gasteiger partial charge on any atom is -0.353 e. The van der Waals surface area contributed by atoms with Crippen molar-refractivity contribution in [3.05, 3.63) is 47.2 Å². The Morgan fingerprint density at radius 1 is 1.06 bits per heavy atom. The zero-order valence-electron chi connectivity index (χ0n) is 18.7. The Hall–Kier alpha value is -2.48. The fourth-order valence-corrected chi connectivity index (χ4v) is 4.80. The molecular formula is C24H28ClFN6. The van der Waals surface area contributed by atoms with Gasteiger partial charge in [0.1, 0.15) is 11.3 Å². The molecule has 0 amide bonds. The second kappa shape index (κ2) is 8.14. The quantitative estimate of drug-likeness (QED) is 0.649. The van der Waals surface area contributed by atoms with E-state index in [9.17, 15) is 0 Å². The molecule has 0 bridgehead atoms. The Kier molecular flexibility index (Phi) is 5.43. The number of hydrogen-bond donors (Lipinski definition) is 1. The van der Waals surface area contributed by atoms with Crippen LogP contribution in [0.1, 0.15) is 6.92 Å². The Morgan fingerprint density at radius 3 is 2.41 bits per heavy atom. The molecule has 5 rings (SSSR count). The van der Waals surface area contributed by atoms with Crippen LogP contribution in [0.15, 0.2) is 36.4 Å². The summed E-state index contributed by atoms with van der Waals surface area (Å²) in [6.45, 7) is 7.15. The highest BCUT2D eigenvalue weighted by molar-refractivity contribution is 6.34. The van der Waals surface area contributed by atoms with E-state index in [0.717, 1.165) is 50.6 Å². The van der Waals surface area contributed by atoms with E-state index in [2.05, 4.69) is 41.0 Å². The summed E-state index contributed by atoms with van der Waals surface area (Å²) in [5.74, 6) is 0.936. The third kappa shape index (κ3) is 3.58. The number of likely N-dealkylation sites (N-methyl/N-ethyl adjacent to an activating group) is 1. The smallest absolute Gasteiger partial charge is 0.228 e. The molecule has 0 saturated carbocycles. The van der Waals surface area contributed by atoms with Crippen molar-refractivity contribution in [3.8, 4) is 11.1 Å². The lowest BCUT2D eigenvalue weighted by molar-refractivity contribution is 0.132.